The minimum Gasteiger partial charge on any atom is -0.372 e. The maximum absolute atomic E-state index is 12.5. The van der Waals surface area contributed by atoms with Crippen LogP contribution in [-0.4, -0.2) is 64.4 Å². The summed E-state index contributed by atoms with van der Waals surface area (Å²) in [6.45, 7) is 7.37. The highest BCUT2D eigenvalue weighted by Gasteiger charge is 2.42. The quantitative estimate of drug-likeness (QED) is 0.712. The predicted octanol–water partition coefficient (Wildman–Crippen LogP) is 1.94. The molecule has 3 heterocycles. The molecule has 1 aromatic rings. The molecule has 0 N–H and O–H groups in total. The molecule has 7 heteroatoms. The molecule has 2 saturated heterocycles. The minimum absolute atomic E-state index is 0.00922. The molecule has 2 aliphatic heterocycles. The molecule has 1 aromatic heterocycles. The van der Waals surface area contributed by atoms with Gasteiger partial charge in [-0.15, -0.1) is 0 Å². The van der Waals surface area contributed by atoms with Crippen molar-refractivity contribution in [3.8, 4) is 0 Å². The second-order valence-electron chi connectivity index (χ2n) is 7.87. The first-order valence-corrected chi connectivity index (χ1v) is 9.92. The molecule has 0 unspecified atom stereocenters. The van der Waals surface area contributed by atoms with Gasteiger partial charge in [0.2, 0.25) is 11.8 Å². The van der Waals surface area contributed by atoms with E-state index >= 15 is 0 Å². The van der Waals surface area contributed by atoms with Gasteiger partial charge in [0, 0.05) is 44.3 Å². The minimum atomic E-state index is -0.00922. The maximum Gasteiger partial charge on any atom is 0.248 e. The average molecular weight is 374 g/mol. The Kier molecular flexibility index (Phi) is 6.42. The molecule has 1 atom stereocenters. The maximum atomic E-state index is 12.5. The number of aryl methyl sites for hydroxylation is 1. The lowest BCUT2D eigenvalue weighted by Crippen LogP contribution is -2.55. The topological polar surface area (TPSA) is 75.6 Å². The van der Waals surface area contributed by atoms with Crippen molar-refractivity contribution in [3.63, 3.8) is 0 Å². The molecule has 0 aromatic carbocycles. The van der Waals surface area contributed by atoms with Crippen LogP contribution in [-0.2, 0) is 20.9 Å². The van der Waals surface area contributed by atoms with Crippen LogP contribution < -0.4 is 0 Å². The van der Waals surface area contributed by atoms with Crippen molar-refractivity contribution in [1.29, 1.82) is 0 Å². The van der Waals surface area contributed by atoms with Crippen molar-refractivity contribution in [2.45, 2.75) is 52.5 Å². The van der Waals surface area contributed by atoms with E-state index in [1.807, 2.05) is 23.6 Å². The standard InChI is InChI=1S/C20H30N4O3/c1-3-9-27-13-19(26)23-8-4-6-20(14-23)7-5-18(25)24(15-20)12-17-11-21-16(2)10-22-17/h10-11H,3-9,12-15H2,1-2H3/t20-/m1/s1. The van der Waals surface area contributed by atoms with Crippen molar-refractivity contribution >= 4 is 11.8 Å². The average Bonchev–Trinajstić information content (AvgIpc) is 2.67. The third-order valence-electron chi connectivity index (χ3n) is 5.52. The molecule has 7 nitrogen and oxygen atoms in total. The SMILES string of the molecule is CCCOCC(=O)N1CCC[C@@]2(CCC(=O)N(Cc3cnc(C)cn3)C2)C1. The van der Waals surface area contributed by atoms with Gasteiger partial charge < -0.3 is 14.5 Å². The number of carbonyl (C=O) groups is 2. The first-order valence-electron chi connectivity index (χ1n) is 9.92. The van der Waals surface area contributed by atoms with Crippen LogP contribution in [0, 0.1) is 12.3 Å². The summed E-state index contributed by atoms with van der Waals surface area (Å²) < 4.78 is 5.43. The second kappa shape index (κ2) is 8.78. The number of likely N-dealkylation sites (tertiary alicyclic amines) is 2. The molecule has 2 fully saturated rings. The largest absolute Gasteiger partial charge is 0.372 e. The van der Waals surface area contributed by atoms with E-state index in [0.717, 1.165) is 43.6 Å². The zero-order chi connectivity index (χ0) is 19.3. The lowest BCUT2D eigenvalue weighted by Gasteiger charge is -2.48. The Morgan fingerprint density at radius 1 is 1.26 bits per heavy atom. The predicted molar refractivity (Wildman–Crippen MR) is 101 cm³/mol. The van der Waals surface area contributed by atoms with Gasteiger partial charge in [0.15, 0.2) is 0 Å². The summed E-state index contributed by atoms with van der Waals surface area (Å²) in [6, 6.07) is 0. The zero-order valence-electron chi connectivity index (χ0n) is 16.4. The summed E-state index contributed by atoms with van der Waals surface area (Å²) in [5.41, 5.74) is 1.67. The van der Waals surface area contributed by atoms with E-state index in [0.29, 0.717) is 32.7 Å². The summed E-state index contributed by atoms with van der Waals surface area (Å²) in [5, 5.41) is 0. The first-order chi connectivity index (χ1) is 13.0. The second-order valence-corrected chi connectivity index (χ2v) is 7.87. The van der Waals surface area contributed by atoms with Crippen molar-refractivity contribution < 1.29 is 14.3 Å². The van der Waals surface area contributed by atoms with Crippen LogP contribution in [0.4, 0.5) is 0 Å². The Bertz CT molecular complexity index is 664. The Balaban J connectivity index is 1.63. The van der Waals surface area contributed by atoms with E-state index in [2.05, 4.69) is 9.97 Å². The highest BCUT2D eigenvalue weighted by Crippen LogP contribution is 2.39. The highest BCUT2D eigenvalue weighted by molar-refractivity contribution is 5.78. The summed E-state index contributed by atoms with van der Waals surface area (Å²) in [6.07, 6.45) is 7.80. The van der Waals surface area contributed by atoms with E-state index in [-0.39, 0.29) is 23.8 Å². The third kappa shape index (κ3) is 5.03. The molecule has 0 radical (unpaired) electrons. The van der Waals surface area contributed by atoms with E-state index in [1.54, 1.807) is 12.4 Å². The molecule has 0 aliphatic carbocycles. The zero-order valence-corrected chi connectivity index (χ0v) is 16.4. The van der Waals surface area contributed by atoms with Gasteiger partial charge in [0.1, 0.15) is 6.61 Å². The first kappa shape index (κ1) is 19.7. The van der Waals surface area contributed by atoms with Crippen molar-refractivity contribution in [2.75, 3.05) is 32.8 Å². The van der Waals surface area contributed by atoms with Crippen LogP contribution in [0.15, 0.2) is 12.4 Å². The van der Waals surface area contributed by atoms with Gasteiger partial charge in [0.05, 0.1) is 24.1 Å². The number of amides is 2. The Morgan fingerprint density at radius 2 is 2.11 bits per heavy atom. The van der Waals surface area contributed by atoms with Crippen molar-refractivity contribution in [2.24, 2.45) is 5.41 Å². The van der Waals surface area contributed by atoms with Gasteiger partial charge in [-0.25, -0.2) is 0 Å². The number of carbonyl (C=O) groups excluding carboxylic acids is 2. The van der Waals surface area contributed by atoms with Crippen molar-refractivity contribution in [3.05, 3.63) is 23.8 Å². The normalized spacial score (nSPS) is 23.1. The summed E-state index contributed by atoms with van der Waals surface area (Å²) >= 11 is 0. The number of nitrogens with zero attached hydrogens (tertiary/aromatic N) is 4. The third-order valence-corrected chi connectivity index (χ3v) is 5.52. The van der Waals surface area contributed by atoms with E-state index in [9.17, 15) is 9.59 Å². The Hall–Kier alpha value is -2.02. The fourth-order valence-electron chi connectivity index (χ4n) is 4.09. The molecular weight excluding hydrogens is 344 g/mol. The summed E-state index contributed by atoms with van der Waals surface area (Å²) in [7, 11) is 0. The highest BCUT2D eigenvalue weighted by atomic mass is 16.5. The molecule has 2 amide bonds. The molecule has 2 aliphatic rings. The number of ether oxygens (including phenoxy) is 1. The summed E-state index contributed by atoms with van der Waals surface area (Å²) in [5.74, 6) is 0.230. The van der Waals surface area contributed by atoms with Crippen molar-refractivity contribution in [1.82, 2.24) is 19.8 Å². The Labute approximate surface area is 161 Å². The number of aromatic nitrogens is 2. The molecule has 1 spiro atoms. The van der Waals surface area contributed by atoms with E-state index < -0.39 is 0 Å². The smallest absolute Gasteiger partial charge is 0.248 e. The number of rotatable bonds is 6. The van der Waals surface area contributed by atoms with Crippen LogP contribution >= 0.6 is 0 Å². The van der Waals surface area contributed by atoms with Gasteiger partial charge in [-0.05, 0) is 32.6 Å². The molecule has 0 saturated carbocycles. The summed E-state index contributed by atoms with van der Waals surface area (Å²) in [4.78, 5) is 37.4. The molecule has 0 bridgehead atoms. The molecular formula is C20H30N4O3. The van der Waals surface area contributed by atoms with Gasteiger partial charge in [0.25, 0.3) is 0 Å². The van der Waals surface area contributed by atoms with Crippen LogP contribution in [0.25, 0.3) is 0 Å². The van der Waals surface area contributed by atoms with Gasteiger partial charge in [-0.2, -0.15) is 0 Å². The lowest BCUT2D eigenvalue weighted by atomic mass is 9.73. The number of hydrogen-bond donors (Lipinski definition) is 0. The monoisotopic (exact) mass is 374 g/mol. The van der Waals surface area contributed by atoms with E-state index in [1.165, 1.54) is 0 Å². The van der Waals surface area contributed by atoms with Gasteiger partial charge >= 0.3 is 0 Å². The number of piperidine rings is 2. The van der Waals surface area contributed by atoms with Crippen LogP contribution in [0.1, 0.15) is 50.4 Å². The van der Waals surface area contributed by atoms with Crippen LogP contribution in [0.2, 0.25) is 0 Å². The number of hydrogen-bond acceptors (Lipinski definition) is 5. The van der Waals surface area contributed by atoms with Gasteiger partial charge in [-0.1, -0.05) is 6.92 Å². The fraction of sp³-hybridized carbons (Fsp3) is 0.700. The molecule has 3 rings (SSSR count). The fourth-order valence-corrected chi connectivity index (χ4v) is 4.09. The molecule has 27 heavy (non-hydrogen) atoms. The lowest BCUT2D eigenvalue weighted by molar-refractivity contribution is -0.146. The van der Waals surface area contributed by atoms with E-state index in [4.69, 9.17) is 4.74 Å². The Morgan fingerprint density at radius 3 is 2.85 bits per heavy atom. The molecule has 148 valence electrons. The van der Waals surface area contributed by atoms with Crippen LogP contribution in [0.3, 0.4) is 0 Å². The van der Waals surface area contributed by atoms with Crippen LogP contribution in [0.5, 0.6) is 0 Å². The van der Waals surface area contributed by atoms with Gasteiger partial charge in [-0.3, -0.25) is 19.6 Å².